The summed E-state index contributed by atoms with van der Waals surface area (Å²) in [6, 6.07) is 11.3. The number of sulfonamides is 1. The van der Waals surface area contributed by atoms with E-state index < -0.39 is 10.0 Å². The molecule has 1 aliphatic rings. The Morgan fingerprint density at radius 2 is 1.73 bits per heavy atom. The Morgan fingerprint density at radius 3 is 2.37 bits per heavy atom. The van der Waals surface area contributed by atoms with Crippen LogP contribution in [0, 0.1) is 6.92 Å². The van der Waals surface area contributed by atoms with Gasteiger partial charge in [0.15, 0.2) is 0 Å². The first-order valence-corrected chi connectivity index (χ1v) is 12.3. The molecule has 30 heavy (non-hydrogen) atoms. The van der Waals surface area contributed by atoms with E-state index in [0.29, 0.717) is 22.7 Å². The maximum Gasteiger partial charge on any atom is 0.262 e. The normalized spacial score (nSPS) is 16.0. The molecule has 0 radical (unpaired) electrons. The van der Waals surface area contributed by atoms with Gasteiger partial charge in [0.1, 0.15) is 5.75 Å². The van der Waals surface area contributed by atoms with Crippen LogP contribution in [0.5, 0.6) is 5.75 Å². The molecule has 1 heterocycles. The van der Waals surface area contributed by atoms with E-state index in [1.165, 1.54) is 6.07 Å². The number of thioether (sulfide) groups is 1. The van der Waals surface area contributed by atoms with E-state index in [0.717, 1.165) is 24.6 Å². The summed E-state index contributed by atoms with van der Waals surface area (Å²) in [5.41, 5.74) is 1.48. The first-order valence-electron chi connectivity index (χ1n) is 9.70. The van der Waals surface area contributed by atoms with Crippen molar-refractivity contribution in [1.82, 2.24) is 4.90 Å². The number of carbonyl (C=O) groups is 1. The number of nitrogens with one attached hydrogen (secondary N) is 2. The van der Waals surface area contributed by atoms with E-state index in [4.69, 9.17) is 4.74 Å². The third kappa shape index (κ3) is 5.47. The maximum absolute atomic E-state index is 12.9. The number of ether oxygens (including phenoxy) is 1. The van der Waals surface area contributed by atoms with E-state index in [-0.39, 0.29) is 16.8 Å². The number of anilines is 2. The second-order valence-corrected chi connectivity index (χ2v) is 10.0. The predicted molar refractivity (Wildman–Crippen MR) is 122 cm³/mol. The average Bonchev–Trinajstić information content (AvgIpc) is 2.75. The summed E-state index contributed by atoms with van der Waals surface area (Å²) in [7, 11) is -2.27. The summed E-state index contributed by atoms with van der Waals surface area (Å²) >= 11 is 1.89. The molecule has 1 atom stereocenters. The fourth-order valence-electron chi connectivity index (χ4n) is 3.21. The van der Waals surface area contributed by atoms with Crippen molar-refractivity contribution in [2.75, 3.05) is 41.7 Å². The zero-order valence-corrected chi connectivity index (χ0v) is 19.0. The summed E-state index contributed by atoms with van der Waals surface area (Å²) in [6.07, 6.45) is 0. The van der Waals surface area contributed by atoms with E-state index in [1.807, 2.05) is 18.7 Å². The van der Waals surface area contributed by atoms with Crippen molar-refractivity contribution in [3.05, 3.63) is 48.0 Å². The van der Waals surface area contributed by atoms with Crippen LogP contribution in [0.4, 0.5) is 11.4 Å². The minimum atomic E-state index is -3.82. The lowest BCUT2D eigenvalue weighted by atomic mass is 10.2. The summed E-state index contributed by atoms with van der Waals surface area (Å²) < 4.78 is 33.5. The summed E-state index contributed by atoms with van der Waals surface area (Å²) in [5.74, 6) is 2.53. The van der Waals surface area contributed by atoms with Crippen LogP contribution in [0.15, 0.2) is 47.4 Å². The number of rotatable bonds is 7. The minimum absolute atomic E-state index is 0.123. The van der Waals surface area contributed by atoms with Gasteiger partial charge in [-0.3, -0.25) is 14.4 Å². The van der Waals surface area contributed by atoms with Gasteiger partial charge >= 0.3 is 0 Å². The second-order valence-electron chi connectivity index (χ2n) is 7.13. The Morgan fingerprint density at radius 1 is 1.10 bits per heavy atom. The molecule has 3 rings (SSSR count). The highest BCUT2D eigenvalue weighted by atomic mass is 32.2. The standard InChI is InChI=1S/C21H27N3O4S2/c1-15-4-5-18(22-21(25)16(2)24-10-12-29-13-11-24)14-20(15)30(26,27)23-17-6-8-19(28-3)9-7-17/h4-9,14,16,23H,10-13H2,1-3H3,(H,22,25)/t16-/m1/s1. The monoisotopic (exact) mass is 449 g/mol. The summed E-state index contributed by atoms with van der Waals surface area (Å²) in [5, 5.41) is 2.86. The predicted octanol–water partition coefficient (Wildman–Crippen LogP) is 3.18. The average molecular weight is 450 g/mol. The largest absolute Gasteiger partial charge is 0.497 e. The van der Waals surface area contributed by atoms with Crippen LogP contribution in [-0.4, -0.2) is 57.0 Å². The van der Waals surface area contributed by atoms with Crippen molar-refractivity contribution >= 4 is 39.1 Å². The molecule has 7 nitrogen and oxygen atoms in total. The summed E-state index contributed by atoms with van der Waals surface area (Å²) in [4.78, 5) is 14.9. The fraction of sp³-hybridized carbons (Fsp3) is 0.381. The van der Waals surface area contributed by atoms with Gasteiger partial charge in [0.2, 0.25) is 5.91 Å². The molecule has 2 N–H and O–H groups in total. The van der Waals surface area contributed by atoms with E-state index >= 15 is 0 Å². The topological polar surface area (TPSA) is 87.7 Å². The Hall–Kier alpha value is -2.23. The smallest absolute Gasteiger partial charge is 0.262 e. The van der Waals surface area contributed by atoms with Crippen LogP contribution in [0.3, 0.4) is 0 Å². The Balaban J connectivity index is 1.75. The molecule has 0 aromatic heterocycles. The molecular formula is C21H27N3O4S2. The van der Waals surface area contributed by atoms with Crippen molar-refractivity contribution < 1.29 is 17.9 Å². The molecule has 162 valence electrons. The van der Waals surface area contributed by atoms with Crippen LogP contribution >= 0.6 is 11.8 Å². The van der Waals surface area contributed by atoms with Gasteiger partial charge in [-0.15, -0.1) is 0 Å². The number of benzene rings is 2. The lowest BCUT2D eigenvalue weighted by molar-refractivity contribution is -0.120. The van der Waals surface area contributed by atoms with Crippen LogP contribution in [0.25, 0.3) is 0 Å². The molecule has 0 spiro atoms. The third-order valence-corrected chi connectivity index (χ3v) is 7.53. The van der Waals surface area contributed by atoms with Crippen LogP contribution in [0.1, 0.15) is 12.5 Å². The molecular weight excluding hydrogens is 422 g/mol. The van der Waals surface area contributed by atoms with Crippen molar-refractivity contribution in [3.63, 3.8) is 0 Å². The van der Waals surface area contributed by atoms with E-state index in [1.54, 1.807) is 50.4 Å². The highest BCUT2D eigenvalue weighted by Crippen LogP contribution is 2.24. The number of aryl methyl sites for hydroxylation is 1. The number of hydrogen-bond acceptors (Lipinski definition) is 6. The number of methoxy groups -OCH3 is 1. The Labute approximate surface area is 182 Å². The van der Waals surface area contributed by atoms with Crippen molar-refractivity contribution in [1.29, 1.82) is 0 Å². The van der Waals surface area contributed by atoms with Gasteiger partial charge in [-0.25, -0.2) is 8.42 Å². The Kier molecular flexibility index (Phi) is 7.27. The molecule has 0 aliphatic carbocycles. The fourth-order valence-corrected chi connectivity index (χ4v) is 5.48. The van der Waals surface area contributed by atoms with Crippen LogP contribution in [0.2, 0.25) is 0 Å². The van der Waals surface area contributed by atoms with Crippen LogP contribution < -0.4 is 14.8 Å². The van der Waals surface area contributed by atoms with E-state index in [9.17, 15) is 13.2 Å². The zero-order chi connectivity index (χ0) is 21.7. The molecule has 1 aliphatic heterocycles. The Bertz CT molecular complexity index is 988. The molecule has 0 unspecified atom stereocenters. The van der Waals surface area contributed by atoms with Crippen LogP contribution in [-0.2, 0) is 14.8 Å². The van der Waals surface area contributed by atoms with Gasteiger partial charge < -0.3 is 10.1 Å². The molecule has 0 saturated carbocycles. The van der Waals surface area contributed by atoms with Crippen molar-refractivity contribution in [2.24, 2.45) is 0 Å². The second kappa shape index (κ2) is 9.72. The highest BCUT2D eigenvalue weighted by Gasteiger charge is 2.24. The number of carbonyl (C=O) groups excluding carboxylic acids is 1. The maximum atomic E-state index is 12.9. The first kappa shape index (κ1) is 22.5. The van der Waals surface area contributed by atoms with Gasteiger partial charge in [0.25, 0.3) is 10.0 Å². The number of amides is 1. The molecule has 9 heteroatoms. The molecule has 2 aromatic carbocycles. The SMILES string of the molecule is COc1ccc(NS(=O)(=O)c2cc(NC(=O)[C@@H](C)N3CCSCC3)ccc2C)cc1. The number of nitrogens with zero attached hydrogens (tertiary/aromatic N) is 1. The van der Waals surface area contributed by atoms with Gasteiger partial charge in [-0.05, 0) is 55.8 Å². The van der Waals surface area contributed by atoms with Crippen molar-refractivity contribution in [2.45, 2.75) is 24.8 Å². The molecule has 0 bridgehead atoms. The first-order chi connectivity index (χ1) is 14.3. The van der Waals surface area contributed by atoms with Crippen molar-refractivity contribution in [3.8, 4) is 5.75 Å². The molecule has 1 saturated heterocycles. The van der Waals surface area contributed by atoms with Gasteiger partial charge in [0, 0.05) is 36.0 Å². The quantitative estimate of drug-likeness (QED) is 0.675. The number of hydrogen-bond donors (Lipinski definition) is 2. The van der Waals surface area contributed by atoms with Gasteiger partial charge in [-0.2, -0.15) is 11.8 Å². The zero-order valence-electron chi connectivity index (χ0n) is 17.3. The van der Waals surface area contributed by atoms with Gasteiger partial charge in [0.05, 0.1) is 18.0 Å². The molecule has 1 amide bonds. The van der Waals surface area contributed by atoms with Gasteiger partial charge in [-0.1, -0.05) is 6.07 Å². The highest BCUT2D eigenvalue weighted by molar-refractivity contribution is 7.99. The lowest BCUT2D eigenvalue weighted by Gasteiger charge is -2.31. The lowest BCUT2D eigenvalue weighted by Crippen LogP contribution is -2.46. The summed E-state index contributed by atoms with van der Waals surface area (Å²) in [6.45, 7) is 5.35. The third-order valence-electron chi connectivity index (χ3n) is 5.06. The minimum Gasteiger partial charge on any atom is -0.497 e. The molecule has 1 fully saturated rings. The molecule has 2 aromatic rings. The van der Waals surface area contributed by atoms with E-state index in [2.05, 4.69) is 14.9 Å².